The van der Waals surface area contributed by atoms with Gasteiger partial charge in [0.1, 0.15) is 0 Å². The van der Waals surface area contributed by atoms with Crippen LogP contribution in [0, 0.1) is 40.9 Å². The van der Waals surface area contributed by atoms with Gasteiger partial charge in [0.2, 0.25) is 0 Å². The van der Waals surface area contributed by atoms with E-state index in [-0.39, 0.29) is 0 Å². The third-order valence-corrected chi connectivity index (χ3v) is 6.37. The molecule has 88 valence electrons. The Morgan fingerprint density at radius 2 is 1.50 bits per heavy atom. The van der Waals surface area contributed by atoms with E-state index in [4.69, 9.17) is 5.41 Å². The lowest BCUT2D eigenvalue weighted by molar-refractivity contribution is 0.0658. The fourth-order valence-electron chi connectivity index (χ4n) is 5.70. The second kappa shape index (κ2) is 3.34. The SMILES string of the molecule is N=C1CC2CC1C1CC3CCCCC3CC21. The predicted octanol–water partition coefficient (Wildman–Crippen LogP) is 3.88. The van der Waals surface area contributed by atoms with Crippen LogP contribution in [0.4, 0.5) is 0 Å². The monoisotopic (exact) mass is 217 g/mol. The first kappa shape index (κ1) is 9.67. The highest BCUT2D eigenvalue weighted by atomic mass is 14.6. The van der Waals surface area contributed by atoms with E-state index in [0.29, 0.717) is 0 Å². The van der Waals surface area contributed by atoms with E-state index < -0.39 is 0 Å². The third-order valence-electron chi connectivity index (χ3n) is 6.37. The van der Waals surface area contributed by atoms with E-state index in [1.54, 1.807) is 6.42 Å². The quantitative estimate of drug-likeness (QED) is 0.637. The van der Waals surface area contributed by atoms with Crippen molar-refractivity contribution in [2.24, 2.45) is 35.5 Å². The molecule has 0 spiro atoms. The van der Waals surface area contributed by atoms with Gasteiger partial charge in [0.25, 0.3) is 0 Å². The molecule has 6 atom stereocenters. The van der Waals surface area contributed by atoms with Crippen molar-refractivity contribution in [1.82, 2.24) is 0 Å². The molecule has 0 heterocycles. The zero-order valence-corrected chi connectivity index (χ0v) is 10.1. The largest absolute Gasteiger partial charge is 0.309 e. The van der Waals surface area contributed by atoms with Crippen LogP contribution in [0.25, 0.3) is 0 Å². The van der Waals surface area contributed by atoms with Gasteiger partial charge in [0.15, 0.2) is 0 Å². The fraction of sp³-hybridized carbons (Fsp3) is 0.933. The van der Waals surface area contributed by atoms with E-state index in [2.05, 4.69) is 0 Å². The summed E-state index contributed by atoms with van der Waals surface area (Å²) in [7, 11) is 0. The van der Waals surface area contributed by atoms with Crippen LogP contribution < -0.4 is 0 Å². The van der Waals surface area contributed by atoms with Crippen molar-refractivity contribution in [3.63, 3.8) is 0 Å². The Morgan fingerprint density at radius 1 is 0.812 bits per heavy atom. The average Bonchev–Trinajstić information content (AvgIpc) is 2.84. The Bertz CT molecular complexity index is 321. The summed E-state index contributed by atoms with van der Waals surface area (Å²) in [5.41, 5.74) is 1.13. The molecular formula is C15H23N. The molecule has 0 saturated heterocycles. The van der Waals surface area contributed by atoms with Crippen LogP contribution in [0.3, 0.4) is 0 Å². The molecule has 0 aliphatic heterocycles. The molecule has 4 fully saturated rings. The van der Waals surface area contributed by atoms with Crippen LogP contribution in [-0.4, -0.2) is 5.71 Å². The Kier molecular flexibility index (Phi) is 2.02. The van der Waals surface area contributed by atoms with Gasteiger partial charge in [-0.1, -0.05) is 25.7 Å². The Morgan fingerprint density at radius 3 is 2.25 bits per heavy atom. The van der Waals surface area contributed by atoms with Crippen LogP contribution in [0.1, 0.15) is 51.4 Å². The minimum atomic E-state index is 0.734. The number of fused-ring (bicyclic) bond motifs is 6. The summed E-state index contributed by atoms with van der Waals surface area (Å²) in [6.07, 6.45) is 11.6. The highest BCUT2D eigenvalue weighted by Crippen LogP contribution is 2.59. The molecule has 0 aromatic carbocycles. The highest BCUT2D eigenvalue weighted by Gasteiger charge is 2.53. The van der Waals surface area contributed by atoms with Gasteiger partial charge in [0.05, 0.1) is 0 Å². The van der Waals surface area contributed by atoms with Crippen molar-refractivity contribution in [2.45, 2.75) is 51.4 Å². The van der Waals surface area contributed by atoms with Crippen LogP contribution in [0.15, 0.2) is 0 Å². The van der Waals surface area contributed by atoms with Crippen molar-refractivity contribution < 1.29 is 0 Å². The molecular weight excluding hydrogens is 194 g/mol. The van der Waals surface area contributed by atoms with Gasteiger partial charge in [-0.2, -0.15) is 0 Å². The molecule has 0 aromatic rings. The Labute approximate surface area is 98.5 Å². The lowest BCUT2D eigenvalue weighted by Gasteiger charge is -2.45. The van der Waals surface area contributed by atoms with Gasteiger partial charge >= 0.3 is 0 Å². The molecule has 4 saturated carbocycles. The summed E-state index contributed by atoms with van der Waals surface area (Å²) in [6.45, 7) is 0. The molecule has 4 aliphatic carbocycles. The summed E-state index contributed by atoms with van der Waals surface area (Å²) >= 11 is 0. The van der Waals surface area contributed by atoms with Crippen LogP contribution in [0.5, 0.6) is 0 Å². The standard InChI is InChI=1S/C15H23N/c16-15-8-11-7-14(15)13-6-10-4-2-1-3-9(10)5-12(11)13/h9-14,16H,1-8H2. The van der Waals surface area contributed by atoms with E-state index in [1.165, 1.54) is 44.9 Å². The van der Waals surface area contributed by atoms with Gasteiger partial charge in [-0.3, -0.25) is 0 Å². The van der Waals surface area contributed by atoms with Crippen LogP contribution in [0.2, 0.25) is 0 Å². The normalized spacial score (nSPS) is 54.9. The van der Waals surface area contributed by atoms with Gasteiger partial charge in [-0.15, -0.1) is 0 Å². The summed E-state index contributed by atoms with van der Waals surface area (Å²) in [6, 6.07) is 0. The van der Waals surface area contributed by atoms with E-state index in [1.807, 2.05) is 0 Å². The number of hydrogen-bond donors (Lipinski definition) is 1. The van der Waals surface area contributed by atoms with Gasteiger partial charge in [-0.25, -0.2) is 0 Å². The predicted molar refractivity (Wildman–Crippen MR) is 65.6 cm³/mol. The lowest BCUT2D eigenvalue weighted by atomic mass is 9.60. The molecule has 1 nitrogen and oxygen atoms in total. The first-order valence-electron chi connectivity index (χ1n) is 7.40. The fourth-order valence-corrected chi connectivity index (χ4v) is 5.70. The minimum absolute atomic E-state index is 0.734. The number of hydrogen-bond acceptors (Lipinski definition) is 1. The molecule has 0 amide bonds. The summed E-state index contributed by atoms with van der Waals surface area (Å²) in [5, 5.41) is 8.09. The summed E-state index contributed by atoms with van der Waals surface area (Å²) in [4.78, 5) is 0. The minimum Gasteiger partial charge on any atom is -0.309 e. The van der Waals surface area contributed by atoms with Crippen molar-refractivity contribution >= 4 is 5.71 Å². The molecule has 1 heteroatoms. The maximum absolute atomic E-state index is 8.09. The summed E-state index contributed by atoms with van der Waals surface area (Å²) < 4.78 is 0. The van der Waals surface area contributed by atoms with Crippen molar-refractivity contribution in [3.8, 4) is 0 Å². The maximum Gasteiger partial charge on any atom is 0.0126 e. The molecule has 1 N–H and O–H groups in total. The first-order chi connectivity index (χ1) is 7.83. The molecule has 2 bridgehead atoms. The van der Waals surface area contributed by atoms with E-state index >= 15 is 0 Å². The third kappa shape index (κ3) is 1.21. The zero-order chi connectivity index (χ0) is 10.7. The van der Waals surface area contributed by atoms with E-state index in [0.717, 1.165) is 41.2 Å². The van der Waals surface area contributed by atoms with Gasteiger partial charge in [0, 0.05) is 5.71 Å². The van der Waals surface area contributed by atoms with Gasteiger partial charge < -0.3 is 5.41 Å². The van der Waals surface area contributed by atoms with Crippen molar-refractivity contribution in [3.05, 3.63) is 0 Å². The molecule has 0 aromatic heterocycles. The van der Waals surface area contributed by atoms with Gasteiger partial charge in [-0.05, 0) is 61.2 Å². The molecule has 4 rings (SSSR count). The van der Waals surface area contributed by atoms with Crippen LogP contribution >= 0.6 is 0 Å². The first-order valence-corrected chi connectivity index (χ1v) is 7.40. The molecule has 4 aliphatic rings. The molecule has 0 radical (unpaired) electrons. The Hall–Kier alpha value is -0.330. The number of nitrogens with one attached hydrogen (secondary N) is 1. The molecule has 16 heavy (non-hydrogen) atoms. The molecule has 6 unspecified atom stereocenters. The van der Waals surface area contributed by atoms with E-state index in [9.17, 15) is 0 Å². The second-order valence-corrected chi connectivity index (χ2v) is 6.94. The van der Waals surface area contributed by atoms with Crippen LogP contribution in [-0.2, 0) is 0 Å². The topological polar surface area (TPSA) is 23.9 Å². The van der Waals surface area contributed by atoms with Crippen molar-refractivity contribution in [2.75, 3.05) is 0 Å². The average molecular weight is 217 g/mol. The second-order valence-electron chi connectivity index (χ2n) is 6.94. The lowest BCUT2D eigenvalue weighted by Crippen LogP contribution is -2.38. The summed E-state index contributed by atoms with van der Waals surface area (Å²) in [5.74, 6) is 5.80. The number of rotatable bonds is 0. The van der Waals surface area contributed by atoms with Crippen molar-refractivity contribution in [1.29, 1.82) is 5.41 Å². The maximum atomic E-state index is 8.09. The smallest absolute Gasteiger partial charge is 0.0126 e. The zero-order valence-electron chi connectivity index (χ0n) is 10.1. The highest BCUT2D eigenvalue weighted by molar-refractivity contribution is 5.87. The Balaban J connectivity index is 1.59.